The average Bonchev–Trinajstić information content (AvgIpc) is 2.75. The summed E-state index contributed by atoms with van der Waals surface area (Å²) in [5.41, 5.74) is 0.945. The summed E-state index contributed by atoms with van der Waals surface area (Å²) in [5.74, 6) is 1.06. The molecule has 0 aliphatic carbocycles. The third-order valence-corrected chi connectivity index (χ3v) is 2.44. The highest BCUT2D eigenvalue weighted by Gasteiger charge is 2.12. The first-order valence-electron chi connectivity index (χ1n) is 3.77. The summed E-state index contributed by atoms with van der Waals surface area (Å²) < 4.78 is 5.03. The molecular formula is C8H7ClN2OS. The predicted octanol–water partition coefficient (Wildman–Crippen LogP) is 3.10. The third kappa shape index (κ3) is 1.73. The lowest BCUT2D eigenvalue weighted by molar-refractivity contribution is 0.422. The molecule has 1 unspecified atom stereocenters. The van der Waals surface area contributed by atoms with E-state index in [9.17, 15) is 0 Å². The SMILES string of the molecule is CC(Cl)c1noc(-c2ccsc2)n1. The first-order valence-corrected chi connectivity index (χ1v) is 5.15. The molecule has 0 saturated heterocycles. The molecule has 0 aromatic carbocycles. The van der Waals surface area contributed by atoms with E-state index in [1.54, 1.807) is 11.3 Å². The second-order valence-electron chi connectivity index (χ2n) is 2.59. The number of rotatable bonds is 2. The number of aromatic nitrogens is 2. The second-order valence-corrected chi connectivity index (χ2v) is 4.02. The van der Waals surface area contributed by atoms with Gasteiger partial charge in [-0.1, -0.05) is 5.16 Å². The van der Waals surface area contributed by atoms with Crippen molar-refractivity contribution in [3.05, 3.63) is 22.7 Å². The van der Waals surface area contributed by atoms with Gasteiger partial charge in [-0.25, -0.2) is 0 Å². The molecule has 5 heteroatoms. The van der Waals surface area contributed by atoms with Gasteiger partial charge in [0.15, 0.2) is 5.82 Å². The van der Waals surface area contributed by atoms with Crippen LogP contribution in [-0.2, 0) is 0 Å². The number of halogens is 1. The minimum absolute atomic E-state index is 0.212. The predicted molar refractivity (Wildman–Crippen MR) is 51.9 cm³/mol. The van der Waals surface area contributed by atoms with Gasteiger partial charge in [0.1, 0.15) is 0 Å². The van der Waals surface area contributed by atoms with Crippen molar-refractivity contribution in [3.8, 4) is 11.5 Å². The first-order chi connectivity index (χ1) is 6.27. The van der Waals surface area contributed by atoms with Gasteiger partial charge in [0.2, 0.25) is 0 Å². The Kier molecular flexibility index (Phi) is 2.33. The molecule has 0 spiro atoms. The van der Waals surface area contributed by atoms with Crippen LogP contribution in [0.3, 0.4) is 0 Å². The number of hydrogen-bond acceptors (Lipinski definition) is 4. The number of alkyl halides is 1. The maximum Gasteiger partial charge on any atom is 0.258 e. The Morgan fingerprint density at radius 1 is 1.62 bits per heavy atom. The van der Waals surface area contributed by atoms with E-state index in [4.69, 9.17) is 16.1 Å². The summed E-state index contributed by atoms with van der Waals surface area (Å²) in [5, 5.41) is 7.46. The smallest absolute Gasteiger partial charge is 0.258 e. The van der Waals surface area contributed by atoms with Crippen LogP contribution in [0.15, 0.2) is 21.3 Å². The van der Waals surface area contributed by atoms with Crippen molar-refractivity contribution in [2.24, 2.45) is 0 Å². The Bertz CT molecular complexity index is 383. The molecule has 2 rings (SSSR count). The molecule has 0 N–H and O–H groups in total. The number of hydrogen-bond donors (Lipinski definition) is 0. The maximum atomic E-state index is 5.80. The van der Waals surface area contributed by atoms with Crippen LogP contribution >= 0.6 is 22.9 Å². The zero-order valence-electron chi connectivity index (χ0n) is 6.90. The summed E-state index contributed by atoms with van der Waals surface area (Å²) in [6, 6.07) is 1.93. The quantitative estimate of drug-likeness (QED) is 0.722. The van der Waals surface area contributed by atoms with Crippen molar-refractivity contribution >= 4 is 22.9 Å². The van der Waals surface area contributed by atoms with Crippen LogP contribution in [0.1, 0.15) is 18.1 Å². The fourth-order valence-electron chi connectivity index (χ4n) is 0.900. The molecule has 0 aliphatic heterocycles. The Morgan fingerprint density at radius 2 is 2.46 bits per heavy atom. The van der Waals surface area contributed by atoms with Gasteiger partial charge < -0.3 is 4.52 Å². The molecule has 3 nitrogen and oxygen atoms in total. The summed E-state index contributed by atoms with van der Waals surface area (Å²) in [4.78, 5) is 4.15. The largest absolute Gasteiger partial charge is 0.334 e. The van der Waals surface area contributed by atoms with E-state index in [-0.39, 0.29) is 5.38 Å². The molecule has 1 atom stereocenters. The van der Waals surface area contributed by atoms with Crippen LogP contribution < -0.4 is 0 Å². The Labute approximate surface area is 84.3 Å². The van der Waals surface area contributed by atoms with Gasteiger partial charge >= 0.3 is 0 Å². The highest BCUT2D eigenvalue weighted by Crippen LogP contribution is 2.23. The Hall–Kier alpha value is -0.870. The van der Waals surface area contributed by atoms with Crippen molar-refractivity contribution in [3.63, 3.8) is 0 Å². The molecular weight excluding hydrogens is 208 g/mol. The molecule has 13 heavy (non-hydrogen) atoms. The van der Waals surface area contributed by atoms with E-state index in [0.717, 1.165) is 5.56 Å². The van der Waals surface area contributed by atoms with E-state index in [2.05, 4.69) is 10.1 Å². The summed E-state index contributed by atoms with van der Waals surface area (Å²) in [7, 11) is 0. The van der Waals surface area contributed by atoms with Gasteiger partial charge in [-0.15, -0.1) is 11.6 Å². The van der Waals surface area contributed by atoms with Crippen LogP contribution in [-0.4, -0.2) is 10.1 Å². The fraction of sp³-hybridized carbons (Fsp3) is 0.250. The number of nitrogens with zero attached hydrogens (tertiary/aromatic N) is 2. The van der Waals surface area contributed by atoms with Crippen LogP contribution in [0.2, 0.25) is 0 Å². The first kappa shape index (κ1) is 8.72. The molecule has 2 aromatic rings. The molecule has 0 amide bonds. The van der Waals surface area contributed by atoms with E-state index in [0.29, 0.717) is 11.7 Å². The van der Waals surface area contributed by atoms with Crippen molar-refractivity contribution in [2.45, 2.75) is 12.3 Å². The lowest BCUT2D eigenvalue weighted by Crippen LogP contribution is -1.86. The maximum absolute atomic E-state index is 5.80. The minimum atomic E-state index is -0.212. The zero-order chi connectivity index (χ0) is 9.26. The molecule has 0 bridgehead atoms. The van der Waals surface area contributed by atoms with E-state index < -0.39 is 0 Å². The molecule has 0 radical (unpaired) electrons. The van der Waals surface area contributed by atoms with Crippen molar-refractivity contribution in [1.29, 1.82) is 0 Å². The van der Waals surface area contributed by atoms with Gasteiger partial charge in [0, 0.05) is 5.38 Å². The molecule has 0 fully saturated rings. The Morgan fingerprint density at radius 3 is 3.00 bits per heavy atom. The second kappa shape index (κ2) is 3.47. The van der Waals surface area contributed by atoms with Crippen molar-refractivity contribution < 1.29 is 4.52 Å². The van der Waals surface area contributed by atoms with Gasteiger partial charge in [-0.2, -0.15) is 16.3 Å². The fourth-order valence-corrected chi connectivity index (χ4v) is 1.62. The normalized spacial score (nSPS) is 13.1. The topological polar surface area (TPSA) is 38.9 Å². The van der Waals surface area contributed by atoms with Crippen molar-refractivity contribution in [1.82, 2.24) is 10.1 Å². The standard InChI is InChI=1S/C8H7ClN2OS/c1-5(9)7-10-8(12-11-7)6-2-3-13-4-6/h2-5H,1H3. The molecule has 68 valence electrons. The average molecular weight is 215 g/mol. The monoisotopic (exact) mass is 214 g/mol. The lowest BCUT2D eigenvalue weighted by atomic mass is 10.3. The van der Waals surface area contributed by atoms with Crippen molar-refractivity contribution in [2.75, 3.05) is 0 Å². The highest BCUT2D eigenvalue weighted by atomic mass is 35.5. The molecule has 0 saturated carbocycles. The summed E-state index contributed by atoms with van der Waals surface area (Å²) >= 11 is 7.39. The van der Waals surface area contributed by atoms with Crippen LogP contribution in [0.25, 0.3) is 11.5 Å². The van der Waals surface area contributed by atoms with E-state index in [1.165, 1.54) is 0 Å². The Balaban J connectivity index is 2.33. The molecule has 0 aliphatic rings. The summed E-state index contributed by atoms with van der Waals surface area (Å²) in [6.45, 7) is 1.81. The number of thiophene rings is 1. The van der Waals surface area contributed by atoms with Gasteiger partial charge in [0.05, 0.1) is 10.9 Å². The third-order valence-electron chi connectivity index (χ3n) is 1.57. The van der Waals surface area contributed by atoms with Gasteiger partial charge in [-0.3, -0.25) is 0 Å². The molecule has 2 heterocycles. The lowest BCUT2D eigenvalue weighted by Gasteiger charge is -1.89. The van der Waals surface area contributed by atoms with E-state index in [1.807, 2.05) is 23.8 Å². The highest BCUT2D eigenvalue weighted by molar-refractivity contribution is 7.08. The van der Waals surface area contributed by atoms with E-state index >= 15 is 0 Å². The van der Waals surface area contributed by atoms with Crippen LogP contribution in [0, 0.1) is 0 Å². The minimum Gasteiger partial charge on any atom is -0.334 e. The summed E-state index contributed by atoms with van der Waals surface area (Å²) in [6.07, 6.45) is 0. The van der Waals surface area contributed by atoms with Gasteiger partial charge in [-0.05, 0) is 18.4 Å². The zero-order valence-corrected chi connectivity index (χ0v) is 8.47. The van der Waals surface area contributed by atoms with Crippen LogP contribution in [0.5, 0.6) is 0 Å². The van der Waals surface area contributed by atoms with Crippen LogP contribution in [0.4, 0.5) is 0 Å². The molecule has 2 aromatic heterocycles. The van der Waals surface area contributed by atoms with Gasteiger partial charge in [0.25, 0.3) is 5.89 Å².